The molecule has 1 atom stereocenters. The molecule has 0 saturated carbocycles. The number of hydrogen-bond acceptors (Lipinski definition) is 6. The third kappa shape index (κ3) is 5.00. The van der Waals surface area contributed by atoms with E-state index in [1.807, 2.05) is 0 Å². The molecule has 0 spiro atoms. The number of amides is 2. The number of aromatic nitrogens is 1. The highest BCUT2D eigenvalue weighted by atomic mass is 35.5. The molecule has 1 aliphatic rings. The van der Waals surface area contributed by atoms with Gasteiger partial charge in [-0.15, -0.1) is 0 Å². The number of pyridine rings is 1. The van der Waals surface area contributed by atoms with Gasteiger partial charge in [0, 0.05) is 23.0 Å². The average Bonchev–Trinajstić information content (AvgIpc) is 2.78. The van der Waals surface area contributed by atoms with Crippen LogP contribution in [0.1, 0.15) is 35.5 Å². The van der Waals surface area contributed by atoms with E-state index >= 15 is 0 Å². The van der Waals surface area contributed by atoms with E-state index in [1.165, 1.54) is 11.8 Å². The van der Waals surface area contributed by atoms with Gasteiger partial charge in [-0.1, -0.05) is 11.6 Å². The summed E-state index contributed by atoms with van der Waals surface area (Å²) in [6.07, 6.45) is 0.908. The van der Waals surface area contributed by atoms with E-state index in [0.29, 0.717) is 16.9 Å². The van der Waals surface area contributed by atoms with E-state index in [-0.39, 0.29) is 34.4 Å². The Bertz CT molecular complexity index is 1150. The molecule has 1 unspecified atom stereocenters. The first-order valence-electron chi connectivity index (χ1n) is 9.69. The van der Waals surface area contributed by atoms with Crippen molar-refractivity contribution >= 4 is 52.2 Å². The van der Waals surface area contributed by atoms with Crippen molar-refractivity contribution in [2.75, 3.05) is 16.8 Å². The molecule has 166 valence electrons. The molecular weight excluding hydrogens is 437 g/mol. The molecule has 2 aromatic rings. The van der Waals surface area contributed by atoms with E-state index in [2.05, 4.69) is 15.6 Å². The van der Waals surface area contributed by atoms with Crippen LogP contribution in [0.3, 0.4) is 0 Å². The first-order chi connectivity index (χ1) is 15.1. The van der Waals surface area contributed by atoms with Crippen LogP contribution in [0.4, 0.5) is 15.8 Å². The number of carbonyl (C=O) groups is 3. The standard InChI is InChI=1S/C22H21ClFN5O3/c1-11-8-17-20(21(23)26-11)16(9-18(24)25)27-12(2)22(32)29(17)10-19(31)28-15-6-4-14(5-7-15)13(3)30/h4-9,12,25,27H,10H2,1-3H3,(H,28,31)/b16-9-,25-18?. The summed E-state index contributed by atoms with van der Waals surface area (Å²) in [5.74, 6) is -2.25. The van der Waals surface area contributed by atoms with Crippen LogP contribution in [0, 0.1) is 12.3 Å². The zero-order valence-electron chi connectivity index (χ0n) is 17.6. The maximum absolute atomic E-state index is 13.4. The van der Waals surface area contributed by atoms with Crippen LogP contribution in [-0.4, -0.2) is 41.1 Å². The lowest BCUT2D eigenvalue weighted by Gasteiger charge is -2.24. The molecule has 2 amide bonds. The number of hydrogen-bond donors (Lipinski definition) is 3. The smallest absolute Gasteiger partial charge is 0.249 e. The van der Waals surface area contributed by atoms with Gasteiger partial charge in [0.1, 0.15) is 17.7 Å². The van der Waals surface area contributed by atoms with Gasteiger partial charge < -0.3 is 15.5 Å². The summed E-state index contributed by atoms with van der Waals surface area (Å²) in [6, 6.07) is 7.11. The Balaban J connectivity index is 1.97. The van der Waals surface area contributed by atoms with Gasteiger partial charge in [-0.05, 0) is 51.1 Å². The van der Waals surface area contributed by atoms with Crippen molar-refractivity contribution in [3.8, 4) is 0 Å². The molecule has 8 nitrogen and oxygen atoms in total. The van der Waals surface area contributed by atoms with Gasteiger partial charge in [-0.3, -0.25) is 19.8 Å². The van der Waals surface area contributed by atoms with Crippen LogP contribution in [-0.2, 0) is 9.59 Å². The number of Topliss-reactive ketones (excluding diaryl/α,β-unsaturated/α-hetero) is 1. The SMILES string of the molecule is CC(=O)c1ccc(NC(=O)CN2C(=O)C(C)N/C(=C\C(=N)F)c3c2cc(C)nc3Cl)cc1. The molecule has 0 bridgehead atoms. The number of nitrogens with zero attached hydrogens (tertiary/aromatic N) is 2. The fourth-order valence-electron chi connectivity index (χ4n) is 3.34. The second-order valence-corrected chi connectivity index (χ2v) is 7.68. The topological polar surface area (TPSA) is 115 Å². The fraction of sp³-hybridized carbons (Fsp3) is 0.227. The summed E-state index contributed by atoms with van der Waals surface area (Å²) in [5.41, 5.74) is 2.08. The molecule has 3 N–H and O–H groups in total. The second-order valence-electron chi connectivity index (χ2n) is 7.33. The van der Waals surface area contributed by atoms with Crippen LogP contribution < -0.4 is 15.5 Å². The largest absolute Gasteiger partial charge is 0.373 e. The lowest BCUT2D eigenvalue weighted by atomic mass is 10.1. The molecule has 1 aromatic carbocycles. The molecule has 32 heavy (non-hydrogen) atoms. The summed E-state index contributed by atoms with van der Waals surface area (Å²) < 4.78 is 13.4. The predicted molar refractivity (Wildman–Crippen MR) is 121 cm³/mol. The zero-order chi connectivity index (χ0) is 23.6. The van der Waals surface area contributed by atoms with Gasteiger partial charge in [0.2, 0.25) is 17.8 Å². The van der Waals surface area contributed by atoms with Gasteiger partial charge in [0.15, 0.2) is 5.78 Å². The van der Waals surface area contributed by atoms with E-state index < -0.39 is 23.8 Å². The predicted octanol–water partition coefficient (Wildman–Crippen LogP) is 3.50. The van der Waals surface area contributed by atoms with E-state index in [4.69, 9.17) is 17.0 Å². The van der Waals surface area contributed by atoms with E-state index in [9.17, 15) is 18.8 Å². The van der Waals surface area contributed by atoms with Crippen LogP contribution in [0.5, 0.6) is 0 Å². The summed E-state index contributed by atoms with van der Waals surface area (Å²) >= 11 is 6.31. The molecule has 0 radical (unpaired) electrons. The molecule has 1 aromatic heterocycles. The highest BCUT2D eigenvalue weighted by Crippen LogP contribution is 2.35. The lowest BCUT2D eigenvalue weighted by molar-refractivity contribution is -0.122. The number of aryl methyl sites for hydroxylation is 1. The van der Waals surface area contributed by atoms with Crippen LogP contribution in [0.2, 0.25) is 5.15 Å². The Labute approximate surface area is 189 Å². The highest BCUT2D eigenvalue weighted by molar-refractivity contribution is 6.32. The molecule has 0 aliphatic carbocycles. The summed E-state index contributed by atoms with van der Waals surface area (Å²) in [4.78, 5) is 42.7. The Morgan fingerprint density at radius 1 is 1.34 bits per heavy atom. The number of halogens is 2. The molecule has 0 fully saturated rings. The normalized spacial score (nSPS) is 16.8. The first-order valence-corrected chi connectivity index (χ1v) is 10.1. The Morgan fingerprint density at radius 2 is 2.00 bits per heavy atom. The minimum Gasteiger partial charge on any atom is -0.373 e. The number of carbonyl (C=O) groups excluding carboxylic acids is 3. The van der Waals surface area contributed by atoms with Gasteiger partial charge in [-0.25, -0.2) is 4.98 Å². The molecule has 10 heteroatoms. The van der Waals surface area contributed by atoms with Crippen molar-refractivity contribution in [2.45, 2.75) is 26.8 Å². The number of ketones is 1. The van der Waals surface area contributed by atoms with Crippen molar-refractivity contribution < 1.29 is 18.8 Å². The number of fused-ring (bicyclic) bond motifs is 1. The van der Waals surface area contributed by atoms with Crippen LogP contribution in [0.25, 0.3) is 5.70 Å². The summed E-state index contributed by atoms with van der Waals surface area (Å²) in [5, 5.41) is 12.7. The fourth-order valence-corrected chi connectivity index (χ4v) is 3.67. The van der Waals surface area contributed by atoms with E-state index in [1.54, 1.807) is 44.2 Å². The number of benzene rings is 1. The number of anilines is 2. The van der Waals surface area contributed by atoms with Crippen molar-refractivity contribution in [2.24, 2.45) is 0 Å². The lowest BCUT2D eigenvalue weighted by Crippen LogP contribution is -2.45. The van der Waals surface area contributed by atoms with Gasteiger partial charge in [0.05, 0.1) is 16.9 Å². The minimum absolute atomic E-state index is 0.00660. The third-order valence-corrected chi connectivity index (χ3v) is 5.07. The number of rotatable bonds is 5. The van der Waals surface area contributed by atoms with Crippen molar-refractivity contribution in [1.82, 2.24) is 10.3 Å². The van der Waals surface area contributed by atoms with Crippen LogP contribution >= 0.6 is 11.6 Å². The molecule has 1 aliphatic heterocycles. The Kier molecular flexibility index (Phi) is 6.69. The summed E-state index contributed by atoms with van der Waals surface area (Å²) in [6.45, 7) is 4.34. The minimum atomic E-state index is -1.23. The third-order valence-electron chi connectivity index (χ3n) is 4.80. The number of allylic oxidation sites excluding steroid dienone is 1. The molecule has 0 saturated heterocycles. The molecule has 3 rings (SSSR count). The molecular formula is C22H21ClFN5O3. The van der Waals surface area contributed by atoms with Crippen molar-refractivity contribution in [1.29, 1.82) is 5.41 Å². The Hall–Kier alpha value is -3.59. The van der Waals surface area contributed by atoms with Gasteiger partial charge in [0.25, 0.3) is 0 Å². The maximum Gasteiger partial charge on any atom is 0.249 e. The Morgan fingerprint density at radius 3 is 2.59 bits per heavy atom. The highest BCUT2D eigenvalue weighted by Gasteiger charge is 2.33. The number of nitrogens with one attached hydrogen (secondary N) is 3. The van der Waals surface area contributed by atoms with Gasteiger partial charge in [-0.2, -0.15) is 4.39 Å². The quantitative estimate of drug-likeness (QED) is 0.361. The van der Waals surface area contributed by atoms with Crippen molar-refractivity contribution in [3.05, 3.63) is 58.4 Å². The van der Waals surface area contributed by atoms with Gasteiger partial charge >= 0.3 is 0 Å². The van der Waals surface area contributed by atoms with Crippen LogP contribution in [0.15, 0.2) is 36.4 Å². The zero-order valence-corrected chi connectivity index (χ0v) is 18.4. The monoisotopic (exact) mass is 457 g/mol. The summed E-state index contributed by atoms with van der Waals surface area (Å²) in [7, 11) is 0. The molecule has 2 heterocycles. The maximum atomic E-state index is 13.4. The average molecular weight is 458 g/mol. The van der Waals surface area contributed by atoms with E-state index in [0.717, 1.165) is 6.08 Å². The second kappa shape index (κ2) is 9.27. The van der Waals surface area contributed by atoms with Crippen molar-refractivity contribution in [3.63, 3.8) is 0 Å². The first kappa shape index (κ1) is 23.1.